The molecule has 118 valence electrons. The van der Waals surface area contributed by atoms with Crippen molar-refractivity contribution in [2.75, 3.05) is 27.9 Å². The second-order valence-electron chi connectivity index (χ2n) is 5.36. The molecule has 0 saturated heterocycles. The Balaban J connectivity index is 1.81. The van der Waals surface area contributed by atoms with E-state index in [4.69, 9.17) is 14.2 Å². The van der Waals surface area contributed by atoms with Crippen LogP contribution < -0.4 is 14.2 Å². The molecule has 0 aliphatic carbocycles. The van der Waals surface area contributed by atoms with Gasteiger partial charge in [-0.2, -0.15) is 0 Å². The first-order chi connectivity index (χ1) is 10.7. The minimum atomic E-state index is 0.646. The molecule has 1 aromatic heterocycles. The third kappa shape index (κ3) is 2.91. The maximum atomic E-state index is 5.43. The summed E-state index contributed by atoms with van der Waals surface area (Å²) >= 11 is 1.87. The van der Waals surface area contributed by atoms with E-state index in [1.54, 1.807) is 21.3 Å². The molecule has 5 heteroatoms. The Labute approximate surface area is 135 Å². The second kappa shape index (κ2) is 6.58. The Hall–Kier alpha value is -1.72. The van der Waals surface area contributed by atoms with E-state index in [2.05, 4.69) is 16.3 Å². The first-order valence-corrected chi connectivity index (χ1v) is 8.19. The van der Waals surface area contributed by atoms with Crippen molar-refractivity contribution in [3.8, 4) is 17.2 Å². The molecule has 0 spiro atoms. The van der Waals surface area contributed by atoms with Gasteiger partial charge in [0.1, 0.15) is 0 Å². The number of benzene rings is 1. The number of thiophene rings is 1. The van der Waals surface area contributed by atoms with Crippen LogP contribution in [0.4, 0.5) is 0 Å². The Morgan fingerprint density at radius 2 is 1.82 bits per heavy atom. The van der Waals surface area contributed by atoms with Gasteiger partial charge in [0.15, 0.2) is 11.5 Å². The van der Waals surface area contributed by atoms with E-state index in [1.165, 1.54) is 16.0 Å². The maximum absolute atomic E-state index is 5.43. The standard InChI is InChI=1S/C17H21NO3S/c1-19-14-8-12(9-15(20-2)17(14)21-3)10-18-6-4-16-13(11-18)5-7-22-16/h5,7-9H,4,6,10-11H2,1-3H3. The number of hydrogen-bond acceptors (Lipinski definition) is 5. The molecular formula is C17H21NO3S. The van der Waals surface area contributed by atoms with Gasteiger partial charge >= 0.3 is 0 Å². The predicted octanol–water partition coefficient (Wildman–Crippen LogP) is 3.33. The lowest BCUT2D eigenvalue weighted by atomic mass is 10.1. The molecule has 4 nitrogen and oxygen atoms in total. The van der Waals surface area contributed by atoms with Crippen LogP contribution in [0, 0.1) is 0 Å². The number of methoxy groups -OCH3 is 3. The highest BCUT2D eigenvalue weighted by Crippen LogP contribution is 2.38. The van der Waals surface area contributed by atoms with Gasteiger partial charge in [-0.05, 0) is 41.1 Å². The van der Waals surface area contributed by atoms with Crippen LogP contribution >= 0.6 is 11.3 Å². The van der Waals surface area contributed by atoms with Crippen LogP contribution in [0.2, 0.25) is 0 Å². The van der Waals surface area contributed by atoms with Crippen LogP contribution in [0.1, 0.15) is 16.0 Å². The van der Waals surface area contributed by atoms with Gasteiger partial charge in [0, 0.05) is 24.5 Å². The molecule has 0 fully saturated rings. The van der Waals surface area contributed by atoms with Crippen molar-refractivity contribution < 1.29 is 14.2 Å². The summed E-state index contributed by atoms with van der Waals surface area (Å²) in [5, 5.41) is 2.19. The number of rotatable bonds is 5. The highest BCUT2D eigenvalue weighted by Gasteiger charge is 2.19. The normalized spacial score (nSPS) is 14.5. The largest absolute Gasteiger partial charge is 0.493 e. The van der Waals surface area contributed by atoms with Gasteiger partial charge in [-0.15, -0.1) is 11.3 Å². The topological polar surface area (TPSA) is 30.9 Å². The highest BCUT2D eigenvalue weighted by molar-refractivity contribution is 7.10. The lowest BCUT2D eigenvalue weighted by Crippen LogP contribution is -2.29. The Kier molecular flexibility index (Phi) is 4.55. The van der Waals surface area contributed by atoms with Crippen molar-refractivity contribution in [3.05, 3.63) is 39.6 Å². The number of hydrogen-bond donors (Lipinski definition) is 0. The summed E-state index contributed by atoms with van der Waals surface area (Å²) in [5.74, 6) is 2.07. The minimum absolute atomic E-state index is 0.646. The van der Waals surface area contributed by atoms with Gasteiger partial charge in [0.25, 0.3) is 0 Å². The first kappa shape index (κ1) is 15.2. The Bertz CT molecular complexity index is 628. The smallest absolute Gasteiger partial charge is 0.203 e. The van der Waals surface area contributed by atoms with E-state index < -0.39 is 0 Å². The van der Waals surface area contributed by atoms with Crippen molar-refractivity contribution in [1.29, 1.82) is 0 Å². The molecule has 2 heterocycles. The van der Waals surface area contributed by atoms with Crippen LogP contribution in [0.25, 0.3) is 0 Å². The SMILES string of the molecule is COc1cc(CN2CCc3sccc3C2)cc(OC)c1OC. The summed E-state index contributed by atoms with van der Waals surface area (Å²) in [6.45, 7) is 2.98. The van der Waals surface area contributed by atoms with Gasteiger partial charge in [-0.3, -0.25) is 4.90 Å². The fourth-order valence-electron chi connectivity index (χ4n) is 2.93. The average molecular weight is 319 g/mol. The predicted molar refractivity (Wildman–Crippen MR) is 88.2 cm³/mol. The summed E-state index contributed by atoms with van der Waals surface area (Å²) in [7, 11) is 4.93. The molecule has 22 heavy (non-hydrogen) atoms. The van der Waals surface area contributed by atoms with E-state index >= 15 is 0 Å². The fourth-order valence-corrected chi connectivity index (χ4v) is 3.82. The lowest BCUT2D eigenvalue weighted by molar-refractivity contribution is 0.246. The van der Waals surface area contributed by atoms with E-state index in [-0.39, 0.29) is 0 Å². The maximum Gasteiger partial charge on any atom is 0.203 e. The molecular weight excluding hydrogens is 298 g/mol. The van der Waals surface area contributed by atoms with Crippen molar-refractivity contribution in [2.45, 2.75) is 19.5 Å². The van der Waals surface area contributed by atoms with E-state index in [9.17, 15) is 0 Å². The molecule has 0 amide bonds. The summed E-state index contributed by atoms with van der Waals surface area (Å²) < 4.78 is 16.2. The summed E-state index contributed by atoms with van der Waals surface area (Å²) in [6, 6.07) is 6.30. The van der Waals surface area contributed by atoms with Crippen LogP contribution in [-0.4, -0.2) is 32.8 Å². The second-order valence-corrected chi connectivity index (χ2v) is 6.36. The quantitative estimate of drug-likeness (QED) is 0.846. The summed E-state index contributed by atoms with van der Waals surface area (Å²) in [5.41, 5.74) is 2.64. The fraction of sp³-hybridized carbons (Fsp3) is 0.412. The summed E-state index contributed by atoms with van der Waals surface area (Å²) in [6.07, 6.45) is 1.14. The third-order valence-corrected chi connectivity index (χ3v) is 5.04. The lowest BCUT2D eigenvalue weighted by Gasteiger charge is -2.27. The molecule has 0 saturated carbocycles. The minimum Gasteiger partial charge on any atom is -0.493 e. The summed E-state index contributed by atoms with van der Waals surface area (Å²) in [4.78, 5) is 3.98. The number of nitrogens with zero attached hydrogens (tertiary/aromatic N) is 1. The molecule has 3 rings (SSSR count). The molecule has 0 N–H and O–H groups in total. The zero-order valence-corrected chi connectivity index (χ0v) is 14.0. The molecule has 0 radical (unpaired) electrons. The van der Waals surface area contributed by atoms with Gasteiger partial charge in [-0.25, -0.2) is 0 Å². The van der Waals surface area contributed by atoms with Crippen LogP contribution in [0.3, 0.4) is 0 Å². The number of ether oxygens (including phenoxy) is 3. The Morgan fingerprint density at radius 1 is 1.09 bits per heavy atom. The molecule has 0 unspecified atom stereocenters. The van der Waals surface area contributed by atoms with Gasteiger partial charge in [0.2, 0.25) is 5.75 Å². The monoisotopic (exact) mass is 319 g/mol. The van der Waals surface area contributed by atoms with Crippen LogP contribution in [0.5, 0.6) is 17.2 Å². The first-order valence-electron chi connectivity index (χ1n) is 7.31. The highest BCUT2D eigenvalue weighted by atomic mass is 32.1. The van der Waals surface area contributed by atoms with Crippen LogP contribution in [0.15, 0.2) is 23.6 Å². The third-order valence-electron chi connectivity index (χ3n) is 4.02. The van der Waals surface area contributed by atoms with Crippen molar-refractivity contribution >= 4 is 11.3 Å². The van der Waals surface area contributed by atoms with E-state index in [1.807, 2.05) is 23.5 Å². The van der Waals surface area contributed by atoms with Crippen molar-refractivity contribution in [1.82, 2.24) is 4.90 Å². The number of fused-ring (bicyclic) bond motifs is 1. The zero-order chi connectivity index (χ0) is 15.5. The van der Waals surface area contributed by atoms with Gasteiger partial charge in [-0.1, -0.05) is 0 Å². The Morgan fingerprint density at radius 3 is 2.45 bits per heavy atom. The van der Waals surface area contributed by atoms with Crippen LogP contribution in [-0.2, 0) is 19.5 Å². The van der Waals surface area contributed by atoms with Crippen molar-refractivity contribution in [2.24, 2.45) is 0 Å². The molecule has 1 aliphatic rings. The van der Waals surface area contributed by atoms with E-state index in [0.717, 1.165) is 26.1 Å². The molecule has 0 bridgehead atoms. The zero-order valence-electron chi connectivity index (χ0n) is 13.2. The molecule has 1 aromatic carbocycles. The van der Waals surface area contributed by atoms with Gasteiger partial charge < -0.3 is 14.2 Å². The van der Waals surface area contributed by atoms with Crippen molar-refractivity contribution in [3.63, 3.8) is 0 Å². The van der Waals surface area contributed by atoms with E-state index in [0.29, 0.717) is 17.2 Å². The average Bonchev–Trinajstić information content (AvgIpc) is 3.01. The molecule has 2 aromatic rings. The molecule has 1 aliphatic heterocycles. The molecule has 0 atom stereocenters. The van der Waals surface area contributed by atoms with Gasteiger partial charge in [0.05, 0.1) is 21.3 Å².